The molecule has 0 atom stereocenters. The van der Waals surface area contributed by atoms with Crippen molar-refractivity contribution in [2.45, 2.75) is 6.42 Å². The lowest BCUT2D eigenvalue weighted by Gasteiger charge is -2.04. The maximum atomic E-state index is 11.7. The third-order valence-electron chi connectivity index (χ3n) is 3.00. The monoisotopic (exact) mass is 236 g/mol. The fourth-order valence-corrected chi connectivity index (χ4v) is 2.13. The first-order chi connectivity index (χ1) is 8.84. The average Bonchev–Trinajstić information content (AvgIpc) is 2.41. The molecule has 0 aliphatic carbocycles. The van der Waals surface area contributed by atoms with Crippen LogP contribution in [0.5, 0.6) is 0 Å². The summed E-state index contributed by atoms with van der Waals surface area (Å²) in [5.74, 6) is 0. The zero-order chi connectivity index (χ0) is 12.4. The van der Waals surface area contributed by atoms with Crippen molar-refractivity contribution in [3.8, 4) is 0 Å². The van der Waals surface area contributed by atoms with Crippen molar-refractivity contribution in [1.29, 1.82) is 0 Å². The third kappa shape index (κ3) is 1.93. The van der Waals surface area contributed by atoms with Crippen LogP contribution in [-0.2, 0) is 6.42 Å². The van der Waals surface area contributed by atoms with Crippen molar-refractivity contribution < 1.29 is 4.42 Å². The van der Waals surface area contributed by atoms with Gasteiger partial charge in [-0.15, -0.1) is 0 Å². The van der Waals surface area contributed by atoms with E-state index in [1.165, 1.54) is 17.9 Å². The number of benzene rings is 2. The van der Waals surface area contributed by atoms with Crippen molar-refractivity contribution in [1.82, 2.24) is 0 Å². The lowest BCUT2D eigenvalue weighted by Crippen LogP contribution is -2.00. The van der Waals surface area contributed by atoms with E-state index in [1.807, 2.05) is 30.3 Å². The molecule has 3 aromatic rings. The van der Waals surface area contributed by atoms with Gasteiger partial charge in [-0.3, -0.25) is 4.79 Å². The van der Waals surface area contributed by atoms with Gasteiger partial charge in [-0.05, 0) is 17.2 Å². The molecule has 1 aromatic heterocycles. The van der Waals surface area contributed by atoms with Gasteiger partial charge in [0.05, 0.1) is 11.6 Å². The first kappa shape index (κ1) is 10.8. The summed E-state index contributed by atoms with van der Waals surface area (Å²) in [6.07, 6.45) is 2.23. The van der Waals surface area contributed by atoms with Gasteiger partial charge in [0.1, 0.15) is 5.58 Å². The topological polar surface area (TPSA) is 30.2 Å². The smallest absolute Gasteiger partial charge is 0.192 e. The summed E-state index contributed by atoms with van der Waals surface area (Å²) < 4.78 is 5.50. The second-order valence-corrected chi connectivity index (χ2v) is 4.24. The van der Waals surface area contributed by atoms with Gasteiger partial charge < -0.3 is 4.42 Å². The Kier molecular flexibility index (Phi) is 2.69. The fraction of sp³-hybridized carbons (Fsp3) is 0.0625. The van der Waals surface area contributed by atoms with E-state index in [2.05, 4.69) is 12.1 Å². The Hall–Kier alpha value is -2.35. The first-order valence-corrected chi connectivity index (χ1v) is 5.88. The van der Waals surface area contributed by atoms with Gasteiger partial charge in [0.2, 0.25) is 0 Å². The Morgan fingerprint density at radius 2 is 1.72 bits per heavy atom. The van der Waals surface area contributed by atoms with Crippen LogP contribution in [0.25, 0.3) is 11.0 Å². The van der Waals surface area contributed by atoms with E-state index in [1.54, 1.807) is 6.07 Å². The first-order valence-electron chi connectivity index (χ1n) is 5.88. The van der Waals surface area contributed by atoms with Crippen LogP contribution < -0.4 is 5.43 Å². The molecule has 0 aliphatic heterocycles. The van der Waals surface area contributed by atoms with E-state index in [0.717, 1.165) is 12.0 Å². The molecule has 0 N–H and O–H groups in total. The second kappa shape index (κ2) is 4.49. The maximum absolute atomic E-state index is 11.7. The molecule has 88 valence electrons. The summed E-state index contributed by atoms with van der Waals surface area (Å²) in [5, 5.41) is 0.644. The summed E-state index contributed by atoms with van der Waals surface area (Å²) in [5.41, 5.74) is 2.94. The quantitative estimate of drug-likeness (QED) is 0.682. The van der Waals surface area contributed by atoms with Gasteiger partial charge in [0.25, 0.3) is 0 Å². The normalized spacial score (nSPS) is 10.7. The minimum atomic E-state index is 0.00571. The predicted octanol–water partition coefficient (Wildman–Crippen LogP) is 3.38. The van der Waals surface area contributed by atoms with E-state index in [9.17, 15) is 4.79 Å². The lowest BCUT2D eigenvalue weighted by molar-refractivity contribution is 0.598. The Bertz CT molecular complexity index is 727. The lowest BCUT2D eigenvalue weighted by atomic mass is 10.0. The van der Waals surface area contributed by atoms with Crippen LogP contribution in [0.3, 0.4) is 0 Å². The highest BCUT2D eigenvalue weighted by atomic mass is 16.3. The molecular weight excluding hydrogens is 224 g/mol. The van der Waals surface area contributed by atoms with Crippen molar-refractivity contribution in [3.05, 3.63) is 82.2 Å². The van der Waals surface area contributed by atoms with Gasteiger partial charge in [0.15, 0.2) is 5.43 Å². The second-order valence-electron chi connectivity index (χ2n) is 4.24. The number of para-hydroxylation sites is 1. The van der Waals surface area contributed by atoms with Crippen molar-refractivity contribution in [3.63, 3.8) is 0 Å². The van der Waals surface area contributed by atoms with Gasteiger partial charge in [-0.2, -0.15) is 0 Å². The van der Waals surface area contributed by atoms with E-state index >= 15 is 0 Å². The van der Waals surface area contributed by atoms with Gasteiger partial charge >= 0.3 is 0 Å². The molecule has 0 saturated carbocycles. The highest BCUT2D eigenvalue weighted by Crippen LogP contribution is 2.18. The van der Waals surface area contributed by atoms with Crippen molar-refractivity contribution in [2.24, 2.45) is 0 Å². The van der Waals surface area contributed by atoms with Crippen LogP contribution in [0.15, 0.2) is 70.1 Å². The maximum Gasteiger partial charge on any atom is 0.192 e. The van der Waals surface area contributed by atoms with E-state index in [0.29, 0.717) is 11.0 Å². The number of hydrogen-bond donors (Lipinski definition) is 0. The van der Waals surface area contributed by atoms with Crippen molar-refractivity contribution >= 4 is 11.0 Å². The standard InChI is InChI=1S/C16H12O2/c17-15-9-10-18-16-13(7-4-8-14(15)16)11-12-5-2-1-3-6-12/h1-10H,11H2. The highest BCUT2D eigenvalue weighted by molar-refractivity contribution is 5.79. The molecule has 0 fully saturated rings. The molecule has 0 unspecified atom stereocenters. The fourth-order valence-electron chi connectivity index (χ4n) is 2.13. The van der Waals surface area contributed by atoms with Crippen LogP contribution in [0, 0.1) is 0 Å². The number of hydrogen-bond acceptors (Lipinski definition) is 2. The average molecular weight is 236 g/mol. The van der Waals surface area contributed by atoms with Crippen LogP contribution >= 0.6 is 0 Å². The molecule has 0 saturated heterocycles. The summed E-state index contributed by atoms with van der Waals surface area (Å²) in [6, 6.07) is 17.3. The van der Waals surface area contributed by atoms with Crippen LogP contribution in [-0.4, -0.2) is 0 Å². The SMILES string of the molecule is O=c1ccoc2c(Cc3ccccc3)cccc12. The largest absolute Gasteiger partial charge is 0.464 e. The summed E-state index contributed by atoms with van der Waals surface area (Å²) in [4.78, 5) is 11.7. The minimum absolute atomic E-state index is 0.00571. The molecular formula is C16H12O2. The van der Waals surface area contributed by atoms with E-state index in [4.69, 9.17) is 4.42 Å². The molecule has 2 nitrogen and oxygen atoms in total. The summed E-state index contributed by atoms with van der Waals surface area (Å²) >= 11 is 0. The Labute approximate surface area is 105 Å². The molecule has 0 spiro atoms. The van der Waals surface area contributed by atoms with Gasteiger partial charge in [0, 0.05) is 12.5 Å². The molecule has 0 bridgehead atoms. The molecule has 0 amide bonds. The molecule has 0 aliphatic rings. The van der Waals surface area contributed by atoms with E-state index in [-0.39, 0.29) is 5.43 Å². The Balaban J connectivity index is 2.13. The third-order valence-corrected chi connectivity index (χ3v) is 3.00. The minimum Gasteiger partial charge on any atom is -0.464 e. The molecule has 1 heterocycles. The van der Waals surface area contributed by atoms with Crippen molar-refractivity contribution in [2.75, 3.05) is 0 Å². The molecule has 0 radical (unpaired) electrons. The Morgan fingerprint density at radius 3 is 2.56 bits per heavy atom. The summed E-state index contributed by atoms with van der Waals surface area (Å²) in [7, 11) is 0. The highest BCUT2D eigenvalue weighted by Gasteiger charge is 2.06. The van der Waals surface area contributed by atoms with Crippen LogP contribution in [0.2, 0.25) is 0 Å². The molecule has 2 aromatic carbocycles. The number of rotatable bonds is 2. The van der Waals surface area contributed by atoms with Gasteiger partial charge in [-0.25, -0.2) is 0 Å². The number of fused-ring (bicyclic) bond motifs is 1. The van der Waals surface area contributed by atoms with E-state index < -0.39 is 0 Å². The predicted molar refractivity (Wildman–Crippen MR) is 71.7 cm³/mol. The zero-order valence-electron chi connectivity index (χ0n) is 9.80. The van der Waals surface area contributed by atoms with Crippen LogP contribution in [0.1, 0.15) is 11.1 Å². The Morgan fingerprint density at radius 1 is 0.889 bits per heavy atom. The molecule has 2 heteroatoms. The molecule has 18 heavy (non-hydrogen) atoms. The van der Waals surface area contributed by atoms with Crippen LogP contribution in [0.4, 0.5) is 0 Å². The molecule has 3 rings (SSSR count). The summed E-state index contributed by atoms with van der Waals surface area (Å²) in [6.45, 7) is 0. The zero-order valence-corrected chi connectivity index (χ0v) is 9.80. The van der Waals surface area contributed by atoms with Gasteiger partial charge in [-0.1, -0.05) is 42.5 Å².